The van der Waals surface area contributed by atoms with Crippen molar-refractivity contribution in [2.24, 2.45) is 5.92 Å². The van der Waals surface area contributed by atoms with E-state index in [1.807, 2.05) is 0 Å². The van der Waals surface area contributed by atoms with E-state index >= 15 is 0 Å². The van der Waals surface area contributed by atoms with Gasteiger partial charge in [-0.1, -0.05) is 6.92 Å². The number of rotatable bonds is 7. The van der Waals surface area contributed by atoms with Crippen molar-refractivity contribution in [1.82, 2.24) is 5.32 Å². The van der Waals surface area contributed by atoms with Crippen molar-refractivity contribution in [3.63, 3.8) is 0 Å². The highest BCUT2D eigenvalue weighted by Gasteiger charge is 2.47. The van der Waals surface area contributed by atoms with Gasteiger partial charge in [-0.3, -0.25) is 5.32 Å². The molecular formula is C14H26N2O. The second-order valence-electron chi connectivity index (χ2n) is 6.06. The maximum absolute atomic E-state index is 9.51. The van der Waals surface area contributed by atoms with Gasteiger partial charge in [0.1, 0.15) is 5.54 Å². The van der Waals surface area contributed by atoms with Crippen molar-refractivity contribution in [2.75, 3.05) is 6.61 Å². The molecule has 0 aromatic carbocycles. The Labute approximate surface area is 106 Å². The first kappa shape index (κ1) is 14.5. The summed E-state index contributed by atoms with van der Waals surface area (Å²) in [7, 11) is 0. The monoisotopic (exact) mass is 238 g/mol. The fourth-order valence-corrected chi connectivity index (χ4v) is 1.94. The molecule has 1 atom stereocenters. The summed E-state index contributed by atoms with van der Waals surface area (Å²) in [5.74, 6) is 0.461. The summed E-state index contributed by atoms with van der Waals surface area (Å²) in [5, 5.41) is 12.9. The van der Waals surface area contributed by atoms with E-state index in [1.54, 1.807) is 0 Å². The molecular weight excluding hydrogens is 212 g/mol. The summed E-state index contributed by atoms with van der Waals surface area (Å²) >= 11 is 0. The van der Waals surface area contributed by atoms with E-state index in [0.717, 1.165) is 19.3 Å². The lowest BCUT2D eigenvalue weighted by Crippen LogP contribution is -2.54. The predicted molar refractivity (Wildman–Crippen MR) is 69.7 cm³/mol. The zero-order chi connectivity index (χ0) is 13.1. The average molecular weight is 238 g/mol. The molecule has 1 N–H and O–H groups in total. The molecule has 0 amide bonds. The molecule has 1 aliphatic rings. The highest BCUT2D eigenvalue weighted by Crippen LogP contribution is 2.40. The zero-order valence-corrected chi connectivity index (χ0v) is 11.8. The molecule has 1 rings (SSSR count). The third kappa shape index (κ3) is 3.97. The van der Waals surface area contributed by atoms with Crippen LogP contribution in [-0.2, 0) is 4.74 Å². The van der Waals surface area contributed by atoms with Gasteiger partial charge >= 0.3 is 0 Å². The highest BCUT2D eigenvalue weighted by atomic mass is 16.5. The van der Waals surface area contributed by atoms with Crippen molar-refractivity contribution in [1.29, 1.82) is 5.26 Å². The molecule has 0 aliphatic heterocycles. The van der Waals surface area contributed by atoms with Crippen LogP contribution in [0.4, 0.5) is 0 Å². The smallest absolute Gasteiger partial charge is 0.133 e. The summed E-state index contributed by atoms with van der Waals surface area (Å²) in [5.41, 5.74) is -0.629. The lowest BCUT2D eigenvalue weighted by atomic mass is 9.94. The van der Waals surface area contributed by atoms with Crippen LogP contribution in [0.2, 0.25) is 0 Å². The predicted octanol–water partition coefficient (Wildman–Crippen LogP) is 2.86. The summed E-state index contributed by atoms with van der Waals surface area (Å²) < 4.78 is 5.95. The minimum Gasteiger partial charge on any atom is -0.373 e. The van der Waals surface area contributed by atoms with Crippen LogP contribution >= 0.6 is 0 Å². The normalized spacial score (nSPS) is 20.1. The van der Waals surface area contributed by atoms with Gasteiger partial charge in [-0.2, -0.15) is 5.26 Å². The van der Waals surface area contributed by atoms with Gasteiger partial charge in [-0.25, -0.2) is 0 Å². The largest absolute Gasteiger partial charge is 0.373 e. The van der Waals surface area contributed by atoms with E-state index in [4.69, 9.17) is 4.74 Å². The molecule has 98 valence electrons. The highest BCUT2D eigenvalue weighted by molar-refractivity contribution is 5.16. The number of nitriles is 1. The van der Waals surface area contributed by atoms with Crippen LogP contribution < -0.4 is 5.32 Å². The van der Waals surface area contributed by atoms with Gasteiger partial charge in [-0.05, 0) is 52.9 Å². The molecule has 0 bridgehead atoms. The SMILES string of the molecule is CCC(C)(C)OCC(C#N)(NC(C)C)C1CC1. The van der Waals surface area contributed by atoms with Crippen LogP contribution in [0, 0.1) is 17.2 Å². The third-order valence-corrected chi connectivity index (χ3v) is 3.56. The lowest BCUT2D eigenvalue weighted by molar-refractivity contribution is -0.0459. The van der Waals surface area contributed by atoms with Gasteiger partial charge in [0.05, 0.1) is 18.3 Å². The third-order valence-electron chi connectivity index (χ3n) is 3.56. The standard InChI is InChI=1S/C14H26N2O/c1-6-13(4,5)17-10-14(9-15,12-7-8-12)16-11(2)3/h11-12,16H,6-8,10H2,1-5H3. The summed E-state index contributed by atoms with van der Waals surface area (Å²) in [4.78, 5) is 0. The molecule has 1 fully saturated rings. The Morgan fingerprint density at radius 1 is 1.41 bits per heavy atom. The van der Waals surface area contributed by atoms with Crippen LogP contribution in [0.15, 0.2) is 0 Å². The van der Waals surface area contributed by atoms with Gasteiger partial charge in [0.25, 0.3) is 0 Å². The molecule has 1 unspecified atom stereocenters. The molecule has 0 aromatic rings. The Morgan fingerprint density at radius 3 is 2.35 bits per heavy atom. The number of nitrogens with one attached hydrogen (secondary N) is 1. The topological polar surface area (TPSA) is 45.0 Å². The maximum atomic E-state index is 9.51. The Bertz CT molecular complexity index is 289. The molecule has 0 heterocycles. The molecule has 3 nitrogen and oxygen atoms in total. The van der Waals surface area contributed by atoms with Gasteiger partial charge in [-0.15, -0.1) is 0 Å². The first-order valence-corrected chi connectivity index (χ1v) is 6.68. The molecule has 17 heavy (non-hydrogen) atoms. The van der Waals surface area contributed by atoms with Crippen LogP contribution in [0.3, 0.4) is 0 Å². The number of hydrogen-bond donors (Lipinski definition) is 1. The van der Waals surface area contributed by atoms with Crippen LogP contribution in [0.25, 0.3) is 0 Å². The molecule has 0 aromatic heterocycles. The first-order valence-electron chi connectivity index (χ1n) is 6.68. The second-order valence-corrected chi connectivity index (χ2v) is 6.06. The molecule has 0 spiro atoms. The van der Waals surface area contributed by atoms with E-state index in [9.17, 15) is 5.26 Å². The molecule has 1 aliphatic carbocycles. The van der Waals surface area contributed by atoms with Crippen LogP contribution in [0.5, 0.6) is 0 Å². The van der Waals surface area contributed by atoms with E-state index in [1.165, 1.54) is 0 Å². The van der Waals surface area contributed by atoms with Crippen molar-refractivity contribution in [3.8, 4) is 6.07 Å². The van der Waals surface area contributed by atoms with Gasteiger partial charge in [0.2, 0.25) is 0 Å². The van der Waals surface area contributed by atoms with E-state index in [-0.39, 0.29) is 5.60 Å². The molecule has 3 heteroatoms. The minimum atomic E-state index is -0.486. The van der Waals surface area contributed by atoms with Crippen molar-refractivity contribution < 1.29 is 4.74 Å². The van der Waals surface area contributed by atoms with Gasteiger partial charge < -0.3 is 4.74 Å². The van der Waals surface area contributed by atoms with E-state index in [2.05, 4.69) is 46.0 Å². The summed E-state index contributed by atoms with van der Waals surface area (Å²) in [6, 6.07) is 2.78. The summed E-state index contributed by atoms with van der Waals surface area (Å²) in [6.45, 7) is 10.9. The van der Waals surface area contributed by atoms with Gasteiger partial charge in [0.15, 0.2) is 0 Å². The Hall–Kier alpha value is -0.590. The fraction of sp³-hybridized carbons (Fsp3) is 0.929. The zero-order valence-electron chi connectivity index (χ0n) is 11.8. The molecule has 1 saturated carbocycles. The number of hydrogen-bond acceptors (Lipinski definition) is 3. The second kappa shape index (κ2) is 5.37. The van der Waals surface area contributed by atoms with Crippen LogP contribution in [-0.4, -0.2) is 23.8 Å². The quantitative estimate of drug-likeness (QED) is 0.741. The molecule has 0 radical (unpaired) electrons. The van der Waals surface area contributed by atoms with Crippen molar-refractivity contribution in [2.45, 2.75) is 71.1 Å². The average Bonchev–Trinajstić information content (AvgIpc) is 3.08. The molecule has 0 saturated heterocycles. The Balaban J connectivity index is 2.67. The van der Waals surface area contributed by atoms with E-state index in [0.29, 0.717) is 18.6 Å². The number of ether oxygens (including phenoxy) is 1. The van der Waals surface area contributed by atoms with Crippen LogP contribution in [0.1, 0.15) is 53.9 Å². The van der Waals surface area contributed by atoms with Gasteiger partial charge in [0, 0.05) is 6.04 Å². The lowest BCUT2D eigenvalue weighted by Gasteiger charge is -2.34. The Morgan fingerprint density at radius 2 is 2.00 bits per heavy atom. The first-order chi connectivity index (χ1) is 7.85. The summed E-state index contributed by atoms with van der Waals surface area (Å²) in [6.07, 6.45) is 3.24. The minimum absolute atomic E-state index is 0.143. The number of nitrogens with zero attached hydrogens (tertiary/aromatic N) is 1. The fourth-order valence-electron chi connectivity index (χ4n) is 1.94. The van der Waals surface area contributed by atoms with Crippen molar-refractivity contribution in [3.05, 3.63) is 0 Å². The maximum Gasteiger partial charge on any atom is 0.133 e. The van der Waals surface area contributed by atoms with E-state index < -0.39 is 5.54 Å². The Kier molecular flexibility index (Phi) is 4.57. The van der Waals surface area contributed by atoms with Crippen molar-refractivity contribution >= 4 is 0 Å².